The van der Waals surface area contributed by atoms with Crippen LogP contribution < -0.4 is 4.74 Å². The summed E-state index contributed by atoms with van der Waals surface area (Å²) >= 11 is 0. The molecule has 0 aliphatic rings. The molecule has 0 spiro atoms. The van der Waals surface area contributed by atoms with Crippen molar-refractivity contribution in [2.45, 2.75) is 19.8 Å². The quantitative estimate of drug-likeness (QED) is 0.686. The Balaban J connectivity index is 2.50. The van der Waals surface area contributed by atoms with Gasteiger partial charge in [0.1, 0.15) is 12.4 Å². The number of hydrogen-bond donors (Lipinski definition) is 0. The summed E-state index contributed by atoms with van der Waals surface area (Å²) in [4.78, 5) is 0. The summed E-state index contributed by atoms with van der Waals surface area (Å²) in [7, 11) is 0. The predicted molar refractivity (Wildman–Crippen MR) is 60.7 cm³/mol. The molecule has 2 nitrogen and oxygen atoms in total. The first kappa shape index (κ1) is 11.3. The summed E-state index contributed by atoms with van der Waals surface area (Å²) < 4.78 is 5.51. The van der Waals surface area contributed by atoms with Crippen LogP contribution in [-0.2, 0) is 6.42 Å². The normalized spacial score (nSPS) is 9.33. The molecular weight excluding hydrogens is 186 g/mol. The van der Waals surface area contributed by atoms with Gasteiger partial charge in [-0.15, -0.1) is 0 Å². The van der Waals surface area contributed by atoms with Crippen molar-refractivity contribution in [1.82, 2.24) is 0 Å². The third-order valence-electron chi connectivity index (χ3n) is 2.15. The van der Waals surface area contributed by atoms with Crippen LogP contribution in [0.15, 0.2) is 36.4 Å². The highest BCUT2D eigenvalue weighted by Gasteiger charge is 1.96. The molecule has 0 amide bonds. The molecular formula is C13H15NO. The summed E-state index contributed by atoms with van der Waals surface area (Å²) in [6.07, 6.45) is 1.38. The topological polar surface area (TPSA) is 33.0 Å². The lowest BCUT2D eigenvalue weighted by Crippen LogP contribution is -1.99. The number of benzene rings is 1. The summed E-state index contributed by atoms with van der Waals surface area (Å²) in [5.41, 5.74) is 2.09. The summed E-state index contributed by atoms with van der Waals surface area (Å²) in [5, 5.41) is 8.50. The summed E-state index contributed by atoms with van der Waals surface area (Å²) in [6, 6.07) is 9.70. The predicted octanol–water partition coefficient (Wildman–Crippen LogP) is 3.10. The van der Waals surface area contributed by atoms with Crippen molar-refractivity contribution < 1.29 is 4.74 Å². The van der Waals surface area contributed by atoms with Crippen LogP contribution in [0.4, 0.5) is 0 Å². The number of ether oxygens (including phenoxy) is 1. The minimum atomic E-state index is 0.446. The van der Waals surface area contributed by atoms with E-state index in [9.17, 15) is 0 Å². The maximum absolute atomic E-state index is 8.50. The molecule has 0 unspecified atom stereocenters. The molecule has 1 rings (SSSR count). The molecule has 0 aliphatic heterocycles. The van der Waals surface area contributed by atoms with E-state index in [-0.39, 0.29) is 0 Å². The van der Waals surface area contributed by atoms with E-state index in [4.69, 9.17) is 10.00 Å². The maximum Gasteiger partial charge on any atom is 0.119 e. The highest BCUT2D eigenvalue weighted by molar-refractivity contribution is 5.28. The third kappa shape index (κ3) is 3.86. The standard InChI is InChI=1S/C13H15NO/c1-3-11(2)10-15-13-6-4-12(5-7-13)8-9-14/h4-7H,2-3,8,10H2,1H3. The Labute approximate surface area is 90.8 Å². The van der Waals surface area contributed by atoms with Crippen molar-refractivity contribution in [2.75, 3.05) is 6.61 Å². The van der Waals surface area contributed by atoms with Gasteiger partial charge in [-0.3, -0.25) is 0 Å². The van der Waals surface area contributed by atoms with Crippen LogP contribution in [-0.4, -0.2) is 6.61 Å². The Kier molecular flexibility index (Phi) is 4.43. The van der Waals surface area contributed by atoms with Crippen LogP contribution in [0.25, 0.3) is 0 Å². The molecule has 0 aromatic heterocycles. The smallest absolute Gasteiger partial charge is 0.119 e. The van der Waals surface area contributed by atoms with Gasteiger partial charge in [-0.1, -0.05) is 25.6 Å². The molecule has 0 atom stereocenters. The van der Waals surface area contributed by atoms with Crippen molar-refractivity contribution in [3.63, 3.8) is 0 Å². The Hall–Kier alpha value is -1.75. The monoisotopic (exact) mass is 201 g/mol. The fourth-order valence-corrected chi connectivity index (χ4v) is 1.08. The SMILES string of the molecule is C=C(CC)COc1ccc(CC#N)cc1. The van der Waals surface area contributed by atoms with Crippen LogP contribution in [0.2, 0.25) is 0 Å². The van der Waals surface area contributed by atoms with Crippen LogP contribution in [0.1, 0.15) is 18.9 Å². The number of hydrogen-bond acceptors (Lipinski definition) is 2. The molecule has 15 heavy (non-hydrogen) atoms. The van der Waals surface area contributed by atoms with Crippen LogP contribution in [0.5, 0.6) is 5.75 Å². The fourth-order valence-electron chi connectivity index (χ4n) is 1.08. The average molecular weight is 201 g/mol. The third-order valence-corrected chi connectivity index (χ3v) is 2.15. The highest BCUT2D eigenvalue weighted by Crippen LogP contribution is 2.13. The van der Waals surface area contributed by atoms with E-state index >= 15 is 0 Å². The van der Waals surface area contributed by atoms with E-state index in [1.807, 2.05) is 24.3 Å². The van der Waals surface area contributed by atoms with E-state index in [1.54, 1.807) is 0 Å². The second-order valence-corrected chi connectivity index (χ2v) is 3.37. The largest absolute Gasteiger partial charge is 0.489 e. The molecule has 0 fully saturated rings. The minimum Gasteiger partial charge on any atom is -0.489 e. The van der Waals surface area contributed by atoms with Gasteiger partial charge in [0.25, 0.3) is 0 Å². The number of nitriles is 1. The first-order valence-corrected chi connectivity index (χ1v) is 5.01. The second-order valence-electron chi connectivity index (χ2n) is 3.37. The molecule has 0 saturated carbocycles. The fraction of sp³-hybridized carbons (Fsp3) is 0.308. The molecule has 2 heteroatoms. The molecule has 1 aromatic rings. The van der Waals surface area contributed by atoms with E-state index in [0.717, 1.165) is 23.3 Å². The van der Waals surface area contributed by atoms with Gasteiger partial charge in [-0.25, -0.2) is 0 Å². The van der Waals surface area contributed by atoms with Crippen molar-refractivity contribution in [1.29, 1.82) is 5.26 Å². The van der Waals surface area contributed by atoms with Crippen LogP contribution in [0, 0.1) is 11.3 Å². The number of rotatable bonds is 5. The summed E-state index contributed by atoms with van der Waals surface area (Å²) in [6.45, 7) is 6.49. The van der Waals surface area contributed by atoms with Gasteiger partial charge in [-0.05, 0) is 29.7 Å². The molecule has 0 heterocycles. The van der Waals surface area contributed by atoms with Crippen molar-refractivity contribution in [2.24, 2.45) is 0 Å². The molecule has 0 N–H and O–H groups in total. The summed E-state index contributed by atoms with van der Waals surface area (Å²) in [5.74, 6) is 0.825. The van der Waals surface area contributed by atoms with Gasteiger partial charge >= 0.3 is 0 Å². The van der Waals surface area contributed by atoms with Crippen LogP contribution >= 0.6 is 0 Å². The van der Waals surface area contributed by atoms with Gasteiger partial charge in [-0.2, -0.15) is 5.26 Å². The molecule has 0 aliphatic carbocycles. The molecule has 0 bridgehead atoms. The Morgan fingerprint density at radius 1 is 1.40 bits per heavy atom. The zero-order valence-electron chi connectivity index (χ0n) is 8.99. The molecule has 78 valence electrons. The maximum atomic E-state index is 8.50. The molecule has 1 aromatic carbocycles. The Morgan fingerprint density at radius 3 is 2.60 bits per heavy atom. The molecule has 0 radical (unpaired) electrons. The van der Waals surface area contributed by atoms with Gasteiger partial charge in [0.05, 0.1) is 12.5 Å². The van der Waals surface area contributed by atoms with E-state index in [2.05, 4.69) is 19.6 Å². The van der Waals surface area contributed by atoms with Crippen molar-refractivity contribution >= 4 is 0 Å². The lowest BCUT2D eigenvalue weighted by atomic mass is 10.2. The van der Waals surface area contributed by atoms with E-state index < -0.39 is 0 Å². The lowest BCUT2D eigenvalue weighted by molar-refractivity contribution is 0.349. The lowest BCUT2D eigenvalue weighted by Gasteiger charge is -2.07. The van der Waals surface area contributed by atoms with Crippen LogP contribution in [0.3, 0.4) is 0 Å². The average Bonchev–Trinajstić information content (AvgIpc) is 2.28. The Bertz CT molecular complexity index is 359. The van der Waals surface area contributed by atoms with E-state index in [0.29, 0.717) is 13.0 Å². The first-order valence-electron chi connectivity index (χ1n) is 5.01. The van der Waals surface area contributed by atoms with Gasteiger partial charge in [0, 0.05) is 0 Å². The van der Waals surface area contributed by atoms with Crippen molar-refractivity contribution in [3.05, 3.63) is 42.0 Å². The zero-order chi connectivity index (χ0) is 11.1. The molecule has 0 saturated heterocycles. The number of nitrogens with zero attached hydrogens (tertiary/aromatic N) is 1. The van der Waals surface area contributed by atoms with Gasteiger partial charge in [0.15, 0.2) is 0 Å². The minimum absolute atomic E-state index is 0.446. The van der Waals surface area contributed by atoms with Gasteiger partial charge < -0.3 is 4.74 Å². The second kappa shape index (κ2) is 5.87. The van der Waals surface area contributed by atoms with Gasteiger partial charge in [0.2, 0.25) is 0 Å². The Morgan fingerprint density at radius 2 is 2.07 bits per heavy atom. The zero-order valence-corrected chi connectivity index (χ0v) is 8.99. The van der Waals surface area contributed by atoms with E-state index in [1.165, 1.54) is 0 Å². The highest BCUT2D eigenvalue weighted by atomic mass is 16.5. The first-order chi connectivity index (χ1) is 7.26. The van der Waals surface area contributed by atoms with Crippen molar-refractivity contribution in [3.8, 4) is 11.8 Å².